The molecule has 0 aromatic carbocycles. The lowest BCUT2D eigenvalue weighted by atomic mass is 9.43. The lowest BCUT2D eigenvalue weighted by Crippen LogP contribution is -2.62. The van der Waals surface area contributed by atoms with Gasteiger partial charge in [0.25, 0.3) is 0 Å². The first-order valence-electron chi connectivity index (χ1n) is 13.1. The second-order valence-electron chi connectivity index (χ2n) is 13.0. The van der Waals surface area contributed by atoms with Crippen LogP contribution in [0.2, 0.25) is 0 Å². The highest BCUT2D eigenvalue weighted by atomic mass is 16.6. The summed E-state index contributed by atoms with van der Waals surface area (Å²) in [4.78, 5) is 0. The standard InChI is InChI=1S/C27H46O2/c1-17(2)7-6-8-18(3)20-9-10-21-19-11-14-27(28)16-24-23(29-24)15-26(27,5)22(19)12-13-25(20,21)4/h17-24,28H,6-16H2,1-5H3/t18-,19+,20-,21+,22+,23-,24+,25-,26-,27-/m1/s1. The zero-order valence-electron chi connectivity index (χ0n) is 19.8. The van der Waals surface area contributed by atoms with Gasteiger partial charge in [0.15, 0.2) is 0 Å². The van der Waals surface area contributed by atoms with Crippen molar-refractivity contribution < 1.29 is 9.84 Å². The number of fused-ring (bicyclic) bond motifs is 6. The maximum absolute atomic E-state index is 11.7. The molecular formula is C27H46O2. The highest BCUT2D eigenvalue weighted by Gasteiger charge is 2.68. The van der Waals surface area contributed by atoms with E-state index in [0.717, 1.165) is 54.8 Å². The smallest absolute Gasteiger partial charge is 0.0869 e. The summed E-state index contributed by atoms with van der Waals surface area (Å²) in [6.45, 7) is 12.4. The fraction of sp³-hybridized carbons (Fsp3) is 1.00. The zero-order chi connectivity index (χ0) is 20.6. The Kier molecular flexibility index (Phi) is 4.99. The van der Waals surface area contributed by atoms with Crippen molar-refractivity contribution in [1.29, 1.82) is 0 Å². The molecule has 0 aromatic rings. The second kappa shape index (κ2) is 6.96. The van der Waals surface area contributed by atoms with Crippen LogP contribution in [-0.2, 0) is 4.74 Å². The van der Waals surface area contributed by atoms with Gasteiger partial charge in [0.2, 0.25) is 0 Å². The molecule has 5 aliphatic rings. The van der Waals surface area contributed by atoms with E-state index in [1.54, 1.807) is 0 Å². The van der Waals surface area contributed by atoms with Gasteiger partial charge in [-0.15, -0.1) is 0 Å². The molecule has 5 fully saturated rings. The van der Waals surface area contributed by atoms with Gasteiger partial charge in [-0.3, -0.25) is 0 Å². The van der Waals surface area contributed by atoms with Gasteiger partial charge in [-0.2, -0.15) is 0 Å². The Hall–Kier alpha value is -0.0800. The van der Waals surface area contributed by atoms with Gasteiger partial charge in [-0.1, -0.05) is 53.9 Å². The van der Waals surface area contributed by atoms with Crippen molar-refractivity contribution in [3.63, 3.8) is 0 Å². The van der Waals surface area contributed by atoms with Crippen LogP contribution in [0.3, 0.4) is 0 Å². The van der Waals surface area contributed by atoms with E-state index < -0.39 is 5.60 Å². The number of rotatable bonds is 5. The second-order valence-corrected chi connectivity index (χ2v) is 13.0. The molecule has 2 heteroatoms. The van der Waals surface area contributed by atoms with E-state index >= 15 is 0 Å². The SMILES string of the molecule is CC(C)CCC[C@@H](C)[C@H]1CC[C@H]2[C@@H]3CC[C@@]4(O)C[C@@H]5O[C@@H]5C[C@]4(C)[C@H]3CC[C@]12C. The first-order valence-corrected chi connectivity index (χ1v) is 13.1. The van der Waals surface area contributed by atoms with Crippen LogP contribution >= 0.6 is 0 Å². The highest BCUT2D eigenvalue weighted by molar-refractivity contribution is 5.18. The molecule has 166 valence electrons. The van der Waals surface area contributed by atoms with E-state index in [4.69, 9.17) is 4.74 Å². The van der Waals surface area contributed by atoms with Crippen molar-refractivity contribution in [3.05, 3.63) is 0 Å². The van der Waals surface area contributed by atoms with Gasteiger partial charge < -0.3 is 9.84 Å². The van der Waals surface area contributed by atoms with Crippen molar-refractivity contribution in [2.75, 3.05) is 0 Å². The van der Waals surface area contributed by atoms with Gasteiger partial charge in [0, 0.05) is 11.8 Å². The molecular weight excluding hydrogens is 356 g/mol. The molecule has 2 nitrogen and oxygen atoms in total. The molecule has 0 unspecified atom stereocenters. The summed E-state index contributed by atoms with van der Waals surface area (Å²) in [6, 6.07) is 0. The Bertz CT molecular complexity index is 630. The summed E-state index contributed by atoms with van der Waals surface area (Å²) in [5, 5.41) is 11.7. The molecule has 1 N–H and O–H groups in total. The lowest BCUT2D eigenvalue weighted by molar-refractivity contribution is -0.200. The summed E-state index contributed by atoms with van der Waals surface area (Å²) in [5.41, 5.74) is 0.190. The molecule has 0 aromatic heterocycles. The molecule has 1 aliphatic heterocycles. The number of aliphatic hydroxyl groups is 1. The van der Waals surface area contributed by atoms with Gasteiger partial charge in [-0.25, -0.2) is 0 Å². The maximum atomic E-state index is 11.7. The van der Waals surface area contributed by atoms with Crippen LogP contribution in [0.15, 0.2) is 0 Å². The third-order valence-corrected chi connectivity index (χ3v) is 11.3. The Balaban J connectivity index is 1.32. The van der Waals surface area contributed by atoms with E-state index in [1.807, 2.05) is 0 Å². The van der Waals surface area contributed by atoms with Crippen LogP contribution in [0.5, 0.6) is 0 Å². The summed E-state index contributed by atoms with van der Waals surface area (Å²) < 4.78 is 5.93. The maximum Gasteiger partial charge on any atom is 0.0869 e. The minimum atomic E-state index is -0.457. The predicted octanol–water partition coefficient (Wildman–Crippen LogP) is 6.60. The fourth-order valence-corrected chi connectivity index (χ4v) is 9.51. The van der Waals surface area contributed by atoms with E-state index in [0.29, 0.717) is 17.6 Å². The normalized spacial score (nSPS) is 54.3. The highest BCUT2D eigenvalue weighted by Crippen LogP contribution is 2.70. The molecule has 0 bridgehead atoms. The topological polar surface area (TPSA) is 32.8 Å². The van der Waals surface area contributed by atoms with Crippen molar-refractivity contribution in [1.82, 2.24) is 0 Å². The van der Waals surface area contributed by atoms with Gasteiger partial charge in [0.05, 0.1) is 17.8 Å². The van der Waals surface area contributed by atoms with Crippen molar-refractivity contribution in [2.24, 2.45) is 46.3 Å². The molecule has 29 heavy (non-hydrogen) atoms. The average Bonchev–Trinajstić information content (AvgIpc) is 3.26. The first-order chi connectivity index (χ1) is 13.7. The lowest BCUT2D eigenvalue weighted by Gasteiger charge is -2.63. The number of epoxide rings is 1. The minimum Gasteiger partial charge on any atom is -0.389 e. The molecule has 4 saturated carbocycles. The summed E-state index contributed by atoms with van der Waals surface area (Å²) in [5.74, 6) is 5.12. The van der Waals surface area contributed by atoms with Gasteiger partial charge >= 0.3 is 0 Å². The van der Waals surface area contributed by atoms with Gasteiger partial charge in [-0.05, 0) is 85.9 Å². The summed E-state index contributed by atoms with van der Waals surface area (Å²) >= 11 is 0. The zero-order valence-corrected chi connectivity index (χ0v) is 19.8. The molecule has 5 rings (SSSR count). The molecule has 0 amide bonds. The van der Waals surface area contributed by atoms with Crippen LogP contribution in [-0.4, -0.2) is 22.9 Å². The third-order valence-electron chi connectivity index (χ3n) is 11.3. The quantitative estimate of drug-likeness (QED) is 0.525. The Labute approximate surface area is 179 Å². The molecule has 1 heterocycles. The summed E-state index contributed by atoms with van der Waals surface area (Å²) in [6.07, 6.45) is 15.1. The number of hydrogen-bond donors (Lipinski definition) is 1. The predicted molar refractivity (Wildman–Crippen MR) is 119 cm³/mol. The van der Waals surface area contributed by atoms with Crippen LogP contribution in [0.4, 0.5) is 0 Å². The van der Waals surface area contributed by atoms with Crippen LogP contribution < -0.4 is 0 Å². The fourth-order valence-electron chi connectivity index (χ4n) is 9.51. The average molecular weight is 403 g/mol. The Morgan fingerprint density at radius 2 is 1.66 bits per heavy atom. The van der Waals surface area contributed by atoms with E-state index in [9.17, 15) is 5.11 Å². The Morgan fingerprint density at radius 1 is 0.897 bits per heavy atom. The third kappa shape index (κ3) is 3.09. The van der Waals surface area contributed by atoms with Crippen molar-refractivity contribution in [2.45, 2.75) is 123 Å². The van der Waals surface area contributed by atoms with E-state index in [1.165, 1.54) is 51.4 Å². The molecule has 0 radical (unpaired) electrons. The van der Waals surface area contributed by atoms with E-state index in [-0.39, 0.29) is 5.41 Å². The van der Waals surface area contributed by atoms with Crippen molar-refractivity contribution in [3.8, 4) is 0 Å². The minimum absolute atomic E-state index is 0.0931. The molecule has 10 atom stereocenters. The molecule has 0 spiro atoms. The number of ether oxygens (including phenoxy) is 1. The molecule has 1 saturated heterocycles. The first kappa shape index (κ1) is 20.8. The summed E-state index contributed by atoms with van der Waals surface area (Å²) in [7, 11) is 0. The van der Waals surface area contributed by atoms with Crippen molar-refractivity contribution >= 4 is 0 Å². The van der Waals surface area contributed by atoms with Crippen LogP contribution in [0.1, 0.15) is 105 Å². The monoisotopic (exact) mass is 402 g/mol. The van der Waals surface area contributed by atoms with Crippen LogP contribution in [0, 0.1) is 46.3 Å². The van der Waals surface area contributed by atoms with Crippen LogP contribution in [0.25, 0.3) is 0 Å². The molecule has 4 aliphatic carbocycles. The van der Waals surface area contributed by atoms with Gasteiger partial charge in [0.1, 0.15) is 0 Å². The van der Waals surface area contributed by atoms with E-state index in [2.05, 4.69) is 34.6 Å². The Morgan fingerprint density at radius 3 is 2.41 bits per heavy atom. The largest absolute Gasteiger partial charge is 0.389 e. The number of hydrogen-bond acceptors (Lipinski definition) is 2.